The van der Waals surface area contributed by atoms with Crippen molar-refractivity contribution in [2.75, 3.05) is 19.6 Å². The zero-order valence-electron chi connectivity index (χ0n) is 19.1. The fourth-order valence-electron chi connectivity index (χ4n) is 5.27. The lowest BCUT2D eigenvalue weighted by Gasteiger charge is -2.31. The molecule has 1 saturated carbocycles. The van der Waals surface area contributed by atoms with Gasteiger partial charge in [0.2, 0.25) is 0 Å². The van der Waals surface area contributed by atoms with E-state index in [9.17, 15) is 0 Å². The Bertz CT molecular complexity index is 1090. The maximum atomic E-state index is 6.02. The van der Waals surface area contributed by atoms with Gasteiger partial charge < -0.3 is 14.8 Å². The number of aromatic nitrogens is 3. The number of fused-ring (bicyclic) bond motifs is 3. The highest BCUT2D eigenvalue weighted by atomic mass is 35.5. The highest BCUT2D eigenvalue weighted by Crippen LogP contribution is 2.37. The van der Waals surface area contributed by atoms with Gasteiger partial charge in [-0.2, -0.15) is 0 Å². The first-order valence-corrected chi connectivity index (χ1v) is 13.7. The Morgan fingerprint density at radius 1 is 1.03 bits per heavy atom. The molecule has 0 radical (unpaired) electrons. The molecule has 7 heteroatoms. The number of piperidine rings is 1. The second kappa shape index (κ2) is 9.49. The zero-order chi connectivity index (χ0) is 22.2. The normalized spacial score (nSPS) is 19.3. The quantitative estimate of drug-likeness (QED) is 0.498. The molecule has 0 amide bonds. The standard InChI is InChI=1S/C26H32ClN5S/c27-20-5-3-18(4-6-20)9-13-31-14-10-19(11-15-31)25-29-30-26-23-16-22(17-28-21-7-8-21)33-24(23)2-1-12-32(25)26/h3-6,16,19,21,28H,1-2,7-15,17H2. The first-order chi connectivity index (χ1) is 16.2. The number of nitrogens with zero attached hydrogens (tertiary/aromatic N) is 4. The van der Waals surface area contributed by atoms with Crippen LogP contribution in [0.15, 0.2) is 30.3 Å². The van der Waals surface area contributed by atoms with E-state index >= 15 is 0 Å². The molecule has 2 fully saturated rings. The molecule has 0 atom stereocenters. The second-order valence-electron chi connectivity index (χ2n) is 9.83. The van der Waals surface area contributed by atoms with E-state index in [0.29, 0.717) is 5.92 Å². The summed E-state index contributed by atoms with van der Waals surface area (Å²) >= 11 is 7.99. The summed E-state index contributed by atoms with van der Waals surface area (Å²) in [4.78, 5) is 5.54. The smallest absolute Gasteiger partial charge is 0.165 e. The number of halogens is 1. The van der Waals surface area contributed by atoms with Gasteiger partial charge in [0, 0.05) is 51.9 Å². The van der Waals surface area contributed by atoms with Crippen molar-refractivity contribution in [3.8, 4) is 11.4 Å². The van der Waals surface area contributed by atoms with Crippen LogP contribution in [0, 0.1) is 0 Å². The monoisotopic (exact) mass is 481 g/mol. The van der Waals surface area contributed by atoms with Crippen molar-refractivity contribution in [1.82, 2.24) is 25.0 Å². The molecular weight excluding hydrogens is 450 g/mol. The van der Waals surface area contributed by atoms with Crippen molar-refractivity contribution in [1.29, 1.82) is 0 Å². The summed E-state index contributed by atoms with van der Waals surface area (Å²) in [5, 5.41) is 14.0. The van der Waals surface area contributed by atoms with E-state index in [1.54, 1.807) is 0 Å². The number of rotatable bonds is 7. The van der Waals surface area contributed by atoms with Gasteiger partial charge in [-0.1, -0.05) is 23.7 Å². The van der Waals surface area contributed by atoms with Crippen LogP contribution >= 0.6 is 22.9 Å². The number of aryl methyl sites for hydroxylation is 1. The van der Waals surface area contributed by atoms with Crippen LogP contribution in [-0.4, -0.2) is 45.3 Å². The largest absolute Gasteiger partial charge is 0.311 e. The van der Waals surface area contributed by atoms with Gasteiger partial charge in [0.15, 0.2) is 5.82 Å². The van der Waals surface area contributed by atoms with Crippen molar-refractivity contribution in [3.05, 3.63) is 56.5 Å². The number of likely N-dealkylation sites (tertiary alicyclic amines) is 1. The topological polar surface area (TPSA) is 46.0 Å². The highest BCUT2D eigenvalue weighted by molar-refractivity contribution is 7.12. The van der Waals surface area contributed by atoms with Crippen LogP contribution in [0.1, 0.15) is 59.2 Å². The van der Waals surface area contributed by atoms with Crippen LogP contribution in [0.3, 0.4) is 0 Å². The van der Waals surface area contributed by atoms with Gasteiger partial charge in [0.25, 0.3) is 0 Å². The summed E-state index contributed by atoms with van der Waals surface area (Å²) in [5.74, 6) is 2.85. The molecular formula is C26H32ClN5S. The second-order valence-corrected chi connectivity index (χ2v) is 11.5. The molecule has 1 N–H and O–H groups in total. The minimum absolute atomic E-state index is 0.522. The average molecular weight is 482 g/mol. The van der Waals surface area contributed by atoms with Crippen LogP contribution in [-0.2, 0) is 25.9 Å². The molecule has 1 saturated heterocycles. The van der Waals surface area contributed by atoms with Crippen molar-refractivity contribution < 1.29 is 0 Å². The van der Waals surface area contributed by atoms with E-state index in [-0.39, 0.29) is 0 Å². The van der Waals surface area contributed by atoms with E-state index < -0.39 is 0 Å². The fourth-order valence-corrected chi connectivity index (χ4v) is 6.55. The Balaban J connectivity index is 1.10. The number of benzene rings is 1. The van der Waals surface area contributed by atoms with Crippen LogP contribution in [0.5, 0.6) is 0 Å². The van der Waals surface area contributed by atoms with E-state index in [1.165, 1.54) is 58.8 Å². The van der Waals surface area contributed by atoms with Crippen LogP contribution in [0.25, 0.3) is 11.4 Å². The summed E-state index contributed by atoms with van der Waals surface area (Å²) in [6.07, 6.45) is 8.44. The summed E-state index contributed by atoms with van der Waals surface area (Å²) in [5.41, 5.74) is 2.70. The van der Waals surface area contributed by atoms with Gasteiger partial charge in [-0.3, -0.25) is 0 Å². The summed E-state index contributed by atoms with van der Waals surface area (Å²) in [6.45, 7) is 5.44. The molecule has 3 aromatic rings. The molecule has 174 valence electrons. The van der Waals surface area contributed by atoms with Crippen molar-refractivity contribution >= 4 is 22.9 Å². The molecule has 2 aliphatic heterocycles. The maximum absolute atomic E-state index is 6.02. The Morgan fingerprint density at radius 3 is 2.64 bits per heavy atom. The molecule has 0 unspecified atom stereocenters. The molecule has 1 aromatic carbocycles. The summed E-state index contributed by atoms with van der Waals surface area (Å²) in [6, 6.07) is 11.4. The third kappa shape index (κ3) is 4.90. The lowest BCUT2D eigenvalue weighted by Crippen LogP contribution is -2.35. The minimum Gasteiger partial charge on any atom is -0.311 e. The molecule has 2 aromatic heterocycles. The Morgan fingerprint density at radius 2 is 1.85 bits per heavy atom. The number of thiophene rings is 1. The number of hydrogen-bond donors (Lipinski definition) is 1. The van der Waals surface area contributed by atoms with Crippen LogP contribution in [0.4, 0.5) is 0 Å². The molecule has 0 bridgehead atoms. The third-order valence-electron chi connectivity index (χ3n) is 7.39. The Hall–Kier alpha value is -1.73. The zero-order valence-corrected chi connectivity index (χ0v) is 20.7. The average Bonchev–Trinajstić information content (AvgIpc) is 3.49. The lowest BCUT2D eigenvalue weighted by atomic mass is 9.95. The van der Waals surface area contributed by atoms with Gasteiger partial charge in [0.05, 0.1) is 0 Å². The van der Waals surface area contributed by atoms with Gasteiger partial charge in [-0.05, 0) is 81.8 Å². The van der Waals surface area contributed by atoms with Gasteiger partial charge >= 0.3 is 0 Å². The molecule has 0 spiro atoms. The third-order valence-corrected chi connectivity index (χ3v) is 8.84. The Labute approximate surface area is 205 Å². The van der Waals surface area contributed by atoms with E-state index in [4.69, 9.17) is 21.8 Å². The molecule has 3 aliphatic rings. The molecule has 5 nitrogen and oxygen atoms in total. The predicted molar refractivity (Wildman–Crippen MR) is 135 cm³/mol. The van der Waals surface area contributed by atoms with Gasteiger partial charge in [-0.25, -0.2) is 0 Å². The van der Waals surface area contributed by atoms with E-state index in [2.05, 4.69) is 33.0 Å². The van der Waals surface area contributed by atoms with Crippen LogP contribution in [0.2, 0.25) is 5.02 Å². The molecule has 1 aliphatic carbocycles. The minimum atomic E-state index is 0.522. The lowest BCUT2D eigenvalue weighted by molar-refractivity contribution is 0.209. The summed E-state index contributed by atoms with van der Waals surface area (Å²) in [7, 11) is 0. The summed E-state index contributed by atoms with van der Waals surface area (Å²) < 4.78 is 2.45. The molecule has 4 heterocycles. The van der Waals surface area contributed by atoms with E-state index in [1.807, 2.05) is 23.5 Å². The predicted octanol–water partition coefficient (Wildman–Crippen LogP) is 5.28. The van der Waals surface area contributed by atoms with Crippen molar-refractivity contribution in [3.63, 3.8) is 0 Å². The molecule has 33 heavy (non-hydrogen) atoms. The first-order valence-electron chi connectivity index (χ1n) is 12.5. The number of nitrogens with one attached hydrogen (secondary N) is 1. The maximum Gasteiger partial charge on any atom is 0.165 e. The van der Waals surface area contributed by atoms with Gasteiger partial charge in [-0.15, -0.1) is 21.5 Å². The highest BCUT2D eigenvalue weighted by Gasteiger charge is 2.29. The number of hydrogen-bond acceptors (Lipinski definition) is 5. The fraction of sp³-hybridized carbons (Fsp3) is 0.538. The Kier molecular flexibility index (Phi) is 6.26. The van der Waals surface area contributed by atoms with Gasteiger partial charge in [0.1, 0.15) is 5.82 Å². The van der Waals surface area contributed by atoms with Crippen molar-refractivity contribution in [2.24, 2.45) is 0 Å². The first kappa shape index (κ1) is 21.8. The SMILES string of the molecule is Clc1ccc(CCN2CCC(c3nnc4n3CCCc3sc(CNC5CC5)cc3-4)CC2)cc1. The van der Waals surface area contributed by atoms with E-state index in [0.717, 1.165) is 62.5 Å². The van der Waals surface area contributed by atoms with Crippen LogP contribution < -0.4 is 5.32 Å². The molecule has 6 rings (SSSR count). The van der Waals surface area contributed by atoms with Crippen molar-refractivity contribution in [2.45, 2.75) is 70.0 Å².